The predicted molar refractivity (Wildman–Crippen MR) is 66.1 cm³/mol. The fraction of sp³-hybridized carbons (Fsp3) is 0.250. The van der Waals surface area contributed by atoms with E-state index < -0.39 is 0 Å². The molecule has 0 aliphatic rings. The number of hydrogen-bond donors (Lipinski definition) is 0. The van der Waals surface area contributed by atoms with Gasteiger partial charge in [0.25, 0.3) is 0 Å². The molecule has 0 spiro atoms. The molecule has 3 heterocycles. The van der Waals surface area contributed by atoms with Gasteiger partial charge in [0.05, 0.1) is 24.9 Å². The van der Waals surface area contributed by atoms with Gasteiger partial charge in [0.15, 0.2) is 0 Å². The molecule has 6 nitrogen and oxygen atoms in total. The van der Waals surface area contributed by atoms with Crippen molar-refractivity contribution in [2.75, 3.05) is 13.7 Å². The zero-order chi connectivity index (χ0) is 12.4. The molecule has 6 heteroatoms. The number of nitrogens with zero attached hydrogens (tertiary/aromatic N) is 5. The average molecular weight is 243 g/mol. The van der Waals surface area contributed by atoms with Crippen molar-refractivity contribution >= 4 is 5.52 Å². The standard InChI is InChI=1S/C12H13N5O/c1-18-7-6-16-9-12(14-15-16)10-2-3-11-4-5-13-17(11)8-10/h2-5,8-9H,6-7H2,1H3. The van der Waals surface area contributed by atoms with Gasteiger partial charge in [-0.3, -0.25) is 0 Å². The summed E-state index contributed by atoms with van der Waals surface area (Å²) in [7, 11) is 1.67. The van der Waals surface area contributed by atoms with Crippen molar-refractivity contribution in [3.63, 3.8) is 0 Å². The van der Waals surface area contributed by atoms with Crippen molar-refractivity contribution in [2.45, 2.75) is 6.54 Å². The summed E-state index contributed by atoms with van der Waals surface area (Å²) < 4.78 is 8.60. The maximum atomic E-state index is 5.01. The fourth-order valence-corrected chi connectivity index (χ4v) is 1.79. The van der Waals surface area contributed by atoms with Crippen molar-refractivity contribution in [3.05, 3.63) is 36.8 Å². The van der Waals surface area contributed by atoms with E-state index in [1.165, 1.54) is 0 Å². The molecule has 0 aliphatic carbocycles. The lowest BCUT2D eigenvalue weighted by Crippen LogP contribution is -2.04. The summed E-state index contributed by atoms with van der Waals surface area (Å²) in [6.45, 7) is 1.33. The van der Waals surface area contributed by atoms with Gasteiger partial charge in [0.2, 0.25) is 0 Å². The second kappa shape index (κ2) is 4.58. The lowest BCUT2D eigenvalue weighted by atomic mass is 10.2. The number of ether oxygens (including phenoxy) is 1. The molecule has 92 valence electrons. The minimum atomic E-state index is 0.626. The van der Waals surface area contributed by atoms with Gasteiger partial charge in [0.1, 0.15) is 5.69 Å². The number of hydrogen-bond acceptors (Lipinski definition) is 4. The summed E-state index contributed by atoms with van der Waals surface area (Å²) >= 11 is 0. The maximum Gasteiger partial charge on any atom is 0.114 e. The number of rotatable bonds is 4. The second-order valence-electron chi connectivity index (χ2n) is 3.98. The third-order valence-electron chi connectivity index (χ3n) is 2.75. The minimum Gasteiger partial charge on any atom is -0.383 e. The van der Waals surface area contributed by atoms with Crippen LogP contribution in [-0.4, -0.2) is 38.3 Å². The van der Waals surface area contributed by atoms with Crippen molar-refractivity contribution in [2.24, 2.45) is 0 Å². The number of aromatic nitrogens is 5. The minimum absolute atomic E-state index is 0.626. The SMILES string of the molecule is COCCn1cc(-c2ccc3ccnn3c2)nn1. The molecule has 0 amide bonds. The van der Waals surface area contributed by atoms with Crippen molar-refractivity contribution in [1.29, 1.82) is 0 Å². The zero-order valence-corrected chi connectivity index (χ0v) is 10.0. The molecule has 0 fully saturated rings. The van der Waals surface area contributed by atoms with E-state index in [4.69, 9.17) is 4.74 Å². The van der Waals surface area contributed by atoms with Crippen LogP contribution in [0.4, 0.5) is 0 Å². The molecule has 0 unspecified atom stereocenters. The van der Waals surface area contributed by atoms with Crippen LogP contribution in [0.3, 0.4) is 0 Å². The maximum absolute atomic E-state index is 5.01. The van der Waals surface area contributed by atoms with Gasteiger partial charge in [-0.15, -0.1) is 5.10 Å². The monoisotopic (exact) mass is 243 g/mol. The average Bonchev–Trinajstić information content (AvgIpc) is 3.04. The molecule has 3 rings (SSSR count). The van der Waals surface area contributed by atoms with E-state index in [9.17, 15) is 0 Å². The molecular weight excluding hydrogens is 230 g/mol. The Morgan fingerprint density at radius 2 is 2.17 bits per heavy atom. The van der Waals surface area contributed by atoms with E-state index >= 15 is 0 Å². The Kier molecular flexibility index (Phi) is 2.77. The van der Waals surface area contributed by atoms with Gasteiger partial charge in [-0.05, 0) is 18.2 Å². The summed E-state index contributed by atoms with van der Waals surface area (Å²) in [6.07, 6.45) is 5.62. The summed E-state index contributed by atoms with van der Waals surface area (Å²) in [5.41, 5.74) is 2.89. The first-order valence-corrected chi connectivity index (χ1v) is 5.70. The molecule has 3 aromatic rings. The van der Waals surface area contributed by atoms with Crippen molar-refractivity contribution < 1.29 is 4.74 Å². The van der Waals surface area contributed by atoms with Crippen LogP contribution in [-0.2, 0) is 11.3 Å². The summed E-state index contributed by atoms with van der Waals surface area (Å²) in [5.74, 6) is 0. The van der Waals surface area contributed by atoms with Crippen LogP contribution in [0.5, 0.6) is 0 Å². The van der Waals surface area contributed by atoms with Gasteiger partial charge in [-0.1, -0.05) is 5.21 Å². The van der Waals surface area contributed by atoms with Crippen molar-refractivity contribution in [1.82, 2.24) is 24.6 Å². The van der Waals surface area contributed by atoms with Crippen LogP contribution in [0.2, 0.25) is 0 Å². The van der Waals surface area contributed by atoms with Gasteiger partial charge in [0, 0.05) is 25.1 Å². The molecule has 0 saturated carbocycles. The molecule has 0 aliphatic heterocycles. The fourth-order valence-electron chi connectivity index (χ4n) is 1.79. The molecule has 0 aromatic carbocycles. The first-order valence-electron chi connectivity index (χ1n) is 5.70. The Morgan fingerprint density at radius 3 is 3.06 bits per heavy atom. The highest BCUT2D eigenvalue weighted by Crippen LogP contribution is 2.16. The largest absolute Gasteiger partial charge is 0.383 e. The molecule has 0 N–H and O–H groups in total. The van der Waals surface area contributed by atoms with E-state index in [0.29, 0.717) is 13.2 Å². The molecular formula is C12H13N5O. The van der Waals surface area contributed by atoms with E-state index in [1.807, 2.05) is 35.1 Å². The lowest BCUT2D eigenvalue weighted by Gasteiger charge is -1.98. The van der Waals surface area contributed by atoms with E-state index in [2.05, 4.69) is 15.4 Å². The van der Waals surface area contributed by atoms with Crippen LogP contribution in [0.1, 0.15) is 0 Å². The molecule has 3 aromatic heterocycles. The topological polar surface area (TPSA) is 57.2 Å². The highest BCUT2D eigenvalue weighted by Gasteiger charge is 2.05. The lowest BCUT2D eigenvalue weighted by molar-refractivity contribution is 0.183. The number of methoxy groups -OCH3 is 1. The molecule has 0 saturated heterocycles. The van der Waals surface area contributed by atoms with E-state index in [1.54, 1.807) is 18.0 Å². The van der Waals surface area contributed by atoms with Crippen LogP contribution in [0, 0.1) is 0 Å². The Hall–Kier alpha value is -2.21. The Morgan fingerprint density at radius 1 is 1.22 bits per heavy atom. The van der Waals surface area contributed by atoms with Gasteiger partial charge in [-0.25, -0.2) is 9.20 Å². The van der Waals surface area contributed by atoms with Gasteiger partial charge < -0.3 is 4.74 Å². The molecule has 0 bridgehead atoms. The van der Waals surface area contributed by atoms with Crippen LogP contribution >= 0.6 is 0 Å². The number of fused-ring (bicyclic) bond motifs is 1. The zero-order valence-electron chi connectivity index (χ0n) is 10.0. The Bertz CT molecular complexity index is 657. The quantitative estimate of drug-likeness (QED) is 0.691. The van der Waals surface area contributed by atoms with Gasteiger partial charge in [-0.2, -0.15) is 5.10 Å². The highest BCUT2D eigenvalue weighted by molar-refractivity contribution is 5.60. The summed E-state index contributed by atoms with van der Waals surface area (Å²) in [5, 5.41) is 12.4. The Labute approximate surface area is 104 Å². The van der Waals surface area contributed by atoms with Crippen molar-refractivity contribution in [3.8, 4) is 11.3 Å². The van der Waals surface area contributed by atoms with Crippen LogP contribution in [0.15, 0.2) is 36.8 Å². The second-order valence-corrected chi connectivity index (χ2v) is 3.98. The first-order chi connectivity index (χ1) is 8.86. The predicted octanol–water partition coefficient (Wildman–Crippen LogP) is 1.24. The van der Waals surface area contributed by atoms with Crippen LogP contribution in [0.25, 0.3) is 16.8 Å². The Balaban J connectivity index is 1.90. The normalized spacial score (nSPS) is 11.2. The van der Waals surface area contributed by atoms with Gasteiger partial charge >= 0.3 is 0 Å². The molecule has 18 heavy (non-hydrogen) atoms. The van der Waals surface area contributed by atoms with E-state index in [0.717, 1.165) is 16.8 Å². The van der Waals surface area contributed by atoms with E-state index in [-0.39, 0.29) is 0 Å². The highest BCUT2D eigenvalue weighted by atomic mass is 16.5. The smallest absolute Gasteiger partial charge is 0.114 e. The summed E-state index contributed by atoms with van der Waals surface area (Å²) in [4.78, 5) is 0. The third kappa shape index (κ3) is 1.98. The first kappa shape index (κ1) is 10.9. The number of pyridine rings is 1. The molecule has 0 atom stereocenters. The molecule has 0 radical (unpaired) electrons. The third-order valence-corrected chi connectivity index (χ3v) is 2.75. The van der Waals surface area contributed by atoms with Crippen LogP contribution < -0.4 is 0 Å². The summed E-state index contributed by atoms with van der Waals surface area (Å²) in [6, 6.07) is 5.98.